The summed E-state index contributed by atoms with van der Waals surface area (Å²) >= 11 is 2.65. The molecule has 0 fully saturated rings. The zero-order valence-electron chi connectivity index (χ0n) is 10.3. The highest BCUT2D eigenvalue weighted by atomic mass is 32.1. The lowest BCUT2D eigenvalue weighted by atomic mass is 10.3. The summed E-state index contributed by atoms with van der Waals surface area (Å²) in [6, 6.07) is 3.34. The molecule has 1 amide bonds. The molecule has 1 atom stereocenters. The molecule has 0 bridgehead atoms. The topological polar surface area (TPSA) is 79.3 Å². The number of amides is 1. The molecule has 2 aromatic rings. The predicted molar refractivity (Wildman–Crippen MR) is 74.0 cm³/mol. The van der Waals surface area contributed by atoms with E-state index in [4.69, 9.17) is 5.11 Å². The van der Waals surface area contributed by atoms with Crippen molar-refractivity contribution in [1.29, 1.82) is 0 Å². The van der Waals surface area contributed by atoms with Crippen molar-refractivity contribution in [1.82, 2.24) is 10.3 Å². The third-order valence-electron chi connectivity index (χ3n) is 2.42. The van der Waals surface area contributed by atoms with Gasteiger partial charge in [-0.1, -0.05) is 0 Å². The number of rotatable bonds is 4. The second-order valence-corrected chi connectivity index (χ2v) is 6.16. The molecular formula is C12H12N2O3S2. The highest BCUT2D eigenvalue weighted by Crippen LogP contribution is 2.20. The SMILES string of the molecule is Cc1ccc(C(=O)NC(C)c2nc(C(=O)O)cs2)s1. The minimum atomic E-state index is -1.06. The van der Waals surface area contributed by atoms with Gasteiger partial charge < -0.3 is 10.4 Å². The first-order valence-corrected chi connectivity index (χ1v) is 7.23. The summed E-state index contributed by atoms with van der Waals surface area (Å²) in [6.45, 7) is 3.72. The fourth-order valence-corrected chi connectivity index (χ4v) is 3.04. The lowest BCUT2D eigenvalue weighted by Gasteiger charge is -2.09. The number of carbonyl (C=O) groups is 2. The van der Waals surface area contributed by atoms with Crippen LogP contribution in [0.1, 0.15) is 43.0 Å². The molecule has 0 aromatic carbocycles. The van der Waals surface area contributed by atoms with Crippen molar-refractivity contribution in [2.24, 2.45) is 0 Å². The quantitative estimate of drug-likeness (QED) is 0.909. The van der Waals surface area contributed by atoms with Crippen LogP contribution in [0.2, 0.25) is 0 Å². The van der Waals surface area contributed by atoms with Crippen LogP contribution in [0.3, 0.4) is 0 Å². The Labute approximate surface area is 117 Å². The third-order valence-corrected chi connectivity index (χ3v) is 4.45. The summed E-state index contributed by atoms with van der Waals surface area (Å²) in [5.74, 6) is -1.23. The molecule has 0 radical (unpaired) electrons. The Morgan fingerprint density at radius 1 is 1.42 bits per heavy atom. The van der Waals surface area contributed by atoms with Gasteiger partial charge >= 0.3 is 5.97 Å². The van der Waals surface area contributed by atoms with Gasteiger partial charge in [0.25, 0.3) is 5.91 Å². The van der Waals surface area contributed by atoms with E-state index in [1.807, 2.05) is 13.0 Å². The summed E-state index contributed by atoms with van der Waals surface area (Å²) in [5, 5.41) is 13.7. The van der Waals surface area contributed by atoms with E-state index in [-0.39, 0.29) is 17.6 Å². The first kappa shape index (κ1) is 13.7. The van der Waals surface area contributed by atoms with Crippen molar-refractivity contribution in [3.05, 3.63) is 38.0 Å². The lowest BCUT2D eigenvalue weighted by Crippen LogP contribution is -2.25. The molecule has 2 aromatic heterocycles. The van der Waals surface area contributed by atoms with Gasteiger partial charge in [-0.3, -0.25) is 4.79 Å². The monoisotopic (exact) mass is 296 g/mol. The van der Waals surface area contributed by atoms with Crippen LogP contribution in [0.4, 0.5) is 0 Å². The van der Waals surface area contributed by atoms with Gasteiger partial charge in [-0.25, -0.2) is 9.78 Å². The molecule has 0 aliphatic rings. The number of nitrogens with one attached hydrogen (secondary N) is 1. The van der Waals surface area contributed by atoms with Crippen LogP contribution < -0.4 is 5.32 Å². The maximum absolute atomic E-state index is 11.9. The van der Waals surface area contributed by atoms with Crippen LogP contribution in [0.25, 0.3) is 0 Å². The Bertz CT molecular complexity index is 618. The number of thiazole rings is 1. The molecule has 2 rings (SSSR count). The molecule has 100 valence electrons. The Morgan fingerprint density at radius 3 is 2.68 bits per heavy atom. The average molecular weight is 296 g/mol. The molecule has 0 spiro atoms. The van der Waals surface area contributed by atoms with Gasteiger partial charge in [0.05, 0.1) is 10.9 Å². The van der Waals surface area contributed by atoms with Crippen molar-refractivity contribution >= 4 is 34.6 Å². The third kappa shape index (κ3) is 3.18. The van der Waals surface area contributed by atoms with Gasteiger partial charge in [0.2, 0.25) is 0 Å². The minimum Gasteiger partial charge on any atom is -0.476 e. The second kappa shape index (κ2) is 5.50. The van der Waals surface area contributed by atoms with Crippen LogP contribution in [-0.4, -0.2) is 22.0 Å². The van der Waals surface area contributed by atoms with Gasteiger partial charge in [-0.05, 0) is 26.0 Å². The van der Waals surface area contributed by atoms with Crippen molar-refractivity contribution in [3.8, 4) is 0 Å². The van der Waals surface area contributed by atoms with Gasteiger partial charge in [0, 0.05) is 10.3 Å². The van der Waals surface area contributed by atoms with E-state index in [0.717, 1.165) is 4.88 Å². The predicted octanol–water partition coefficient (Wildman–Crippen LogP) is 2.70. The molecule has 2 N–H and O–H groups in total. The number of aryl methyl sites for hydroxylation is 1. The van der Waals surface area contributed by atoms with Crippen LogP contribution in [0.5, 0.6) is 0 Å². The van der Waals surface area contributed by atoms with Crippen LogP contribution in [0.15, 0.2) is 17.5 Å². The highest BCUT2D eigenvalue weighted by Gasteiger charge is 2.17. The van der Waals surface area contributed by atoms with Gasteiger partial charge in [-0.15, -0.1) is 22.7 Å². The Balaban J connectivity index is 2.05. The molecule has 19 heavy (non-hydrogen) atoms. The number of aromatic carboxylic acids is 1. The molecule has 0 saturated heterocycles. The summed E-state index contributed by atoms with van der Waals surface area (Å²) in [4.78, 5) is 28.4. The number of carbonyl (C=O) groups excluding carboxylic acids is 1. The molecule has 7 heteroatoms. The molecule has 2 heterocycles. The maximum atomic E-state index is 11.9. The van der Waals surface area contributed by atoms with Crippen molar-refractivity contribution in [3.63, 3.8) is 0 Å². The van der Waals surface area contributed by atoms with E-state index in [1.165, 1.54) is 28.1 Å². The largest absolute Gasteiger partial charge is 0.476 e. The Hall–Kier alpha value is -1.73. The van der Waals surface area contributed by atoms with E-state index >= 15 is 0 Å². The fourth-order valence-electron chi connectivity index (χ4n) is 1.47. The number of hydrogen-bond acceptors (Lipinski definition) is 5. The Kier molecular flexibility index (Phi) is 3.96. The summed E-state index contributed by atoms with van der Waals surface area (Å²) in [5.41, 5.74) is 0.00747. The van der Waals surface area contributed by atoms with Gasteiger partial charge in [0.15, 0.2) is 5.69 Å². The number of carboxylic acid groups (broad SMARTS) is 1. The standard InChI is InChI=1S/C12H12N2O3S2/c1-6-3-4-9(19-6)10(15)13-7(2)11-14-8(5-18-11)12(16)17/h3-5,7H,1-2H3,(H,13,15)(H,16,17). The summed E-state index contributed by atoms with van der Waals surface area (Å²) in [7, 11) is 0. The fraction of sp³-hybridized carbons (Fsp3) is 0.250. The summed E-state index contributed by atoms with van der Waals surface area (Å²) < 4.78 is 0. The first-order chi connectivity index (χ1) is 8.97. The number of thiophene rings is 1. The van der Waals surface area contributed by atoms with Crippen molar-refractivity contribution < 1.29 is 14.7 Å². The zero-order chi connectivity index (χ0) is 14.0. The van der Waals surface area contributed by atoms with Crippen molar-refractivity contribution in [2.45, 2.75) is 19.9 Å². The van der Waals surface area contributed by atoms with Crippen molar-refractivity contribution in [2.75, 3.05) is 0 Å². The van der Waals surface area contributed by atoms with E-state index < -0.39 is 5.97 Å². The number of hydrogen-bond donors (Lipinski definition) is 2. The van der Waals surface area contributed by atoms with Gasteiger partial charge in [0.1, 0.15) is 5.01 Å². The summed E-state index contributed by atoms with van der Waals surface area (Å²) in [6.07, 6.45) is 0. The van der Waals surface area contributed by atoms with Crippen LogP contribution in [0, 0.1) is 6.92 Å². The van der Waals surface area contributed by atoms with Gasteiger partial charge in [-0.2, -0.15) is 0 Å². The zero-order valence-corrected chi connectivity index (χ0v) is 12.0. The molecule has 1 unspecified atom stereocenters. The second-order valence-electron chi connectivity index (χ2n) is 3.98. The van der Waals surface area contributed by atoms with E-state index in [2.05, 4.69) is 10.3 Å². The minimum absolute atomic E-state index is 0.00747. The molecule has 0 saturated carbocycles. The lowest BCUT2D eigenvalue weighted by molar-refractivity contribution is 0.0691. The molecule has 0 aliphatic heterocycles. The Morgan fingerprint density at radius 2 is 2.16 bits per heavy atom. The van der Waals surface area contributed by atoms with E-state index in [1.54, 1.807) is 13.0 Å². The first-order valence-electron chi connectivity index (χ1n) is 5.53. The number of nitrogens with zero attached hydrogens (tertiary/aromatic N) is 1. The van der Waals surface area contributed by atoms with E-state index in [9.17, 15) is 9.59 Å². The molecular weight excluding hydrogens is 284 g/mol. The maximum Gasteiger partial charge on any atom is 0.355 e. The molecule has 0 aliphatic carbocycles. The van der Waals surface area contributed by atoms with E-state index in [0.29, 0.717) is 9.88 Å². The van der Waals surface area contributed by atoms with Crippen LogP contribution >= 0.6 is 22.7 Å². The van der Waals surface area contributed by atoms with Crippen LogP contribution in [-0.2, 0) is 0 Å². The smallest absolute Gasteiger partial charge is 0.355 e. The highest BCUT2D eigenvalue weighted by molar-refractivity contribution is 7.14. The normalized spacial score (nSPS) is 12.1. The average Bonchev–Trinajstić information content (AvgIpc) is 2.96. The number of carboxylic acids is 1. The number of aromatic nitrogens is 1. The molecule has 5 nitrogen and oxygen atoms in total.